The highest BCUT2D eigenvalue weighted by Gasteiger charge is 2.40. The van der Waals surface area contributed by atoms with Crippen LogP contribution in [0.1, 0.15) is 48.6 Å². The second-order valence-electron chi connectivity index (χ2n) is 10.2. The highest BCUT2D eigenvalue weighted by atomic mass is 16.6. The monoisotopic (exact) mass is 481 g/mol. The zero-order chi connectivity index (χ0) is 26.1. The van der Waals surface area contributed by atoms with Crippen LogP contribution in [0.2, 0.25) is 0 Å². The Labute approximate surface area is 206 Å². The number of rotatable bonds is 5. The number of phenols is 1. The van der Waals surface area contributed by atoms with Gasteiger partial charge in [0.2, 0.25) is 11.8 Å². The zero-order valence-electron chi connectivity index (χ0n) is 21.3. The quantitative estimate of drug-likeness (QED) is 0.681. The summed E-state index contributed by atoms with van der Waals surface area (Å²) in [5, 5.41) is 9.97. The molecule has 2 atom stereocenters. The molecule has 0 aromatic heterocycles. The number of nitrogens with zero attached hydrogens (tertiary/aromatic N) is 2. The number of benzene rings is 2. The zero-order valence-corrected chi connectivity index (χ0v) is 21.3. The number of fused-ring (bicyclic) bond motifs is 1. The van der Waals surface area contributed by atoms with Crippen molar-refractivity contribution in [1.82, 2.24) is 9.80 Å². The van der Waals surface area contributed by atoms with E-state index in [-0.39, 0.29) is 24.6 Å². The lowest BCUT2D eigenvalue weighted by atomic mass is 9.91. The molecule has 3 amide bonds. The standard InChI is InChI=1S/C27H35N3O5/c1-16-11-20(31)12-17(2)21(16)14-23(29(6)26(34)35-27(3,4)5)25(33)30-15-19-10-8-7-9-18(19)13-22(30)24(28)32/h7-12,22-23,31H,13-15H2,1-6H3,(H2,28,32). The average Bonchev–Trinajstić information content (AvgIpc) is 2.75. The Morgan fingerprint density at radius 2 is 1.71 bits per heavy atom. The number of primary amides is 1. The first-order valence-electron chi connectivity index (χ1n) is 11.7. The lowest BCUT2D eigenvalue weighted by molar-refractivity contribution is -0.144. The van der Waals surface area contributed by atoms with Gasteiger partial charge in [0.25, 0.3) is 0 Å². The third kappa shape index (κ3) is 5.93. The highest BCUT2D eigenvalue weighted by molar-refractivity contribution is 5.91. The number of ether oxygens (including phenoxy) is 1. The molecule has 0 saturated carbocycles. The predicted molar refractivity (Wildman–Crippen MR) is 133 cm³/mol. The summed E-state index contributed by atoms with van der Waals surface area (Å²) in [6.07, 6.45) is -0.133. The predicted octanol–water partition coefficient (Wildman–Crippen LogP) is 3.23. The molecule has 1 aliphatic heterocycles. The van der Waals surface area contributed by atoms with E-state index in [2.05, 4.69) is 0 Å². The van der Waals surface area contributed by atoms with Gasteiger partial charge >= 0.3 is 6.09 Å². The third-order valence-electron chi connectivity index (χ3n) is 6.37. The largest absolute Gasteiger partial charge is 0.508 e. The van der Waals surface area contributed by atoms with Gasteiger partial charge in [0.1, 0.15) is 23.4 Å². The minimum atomic E-state index is -0.945. The summed E-state index contributed by atoms with van der Waals surface area (Å²) in [4.78, 5) is 42.2. The van der Waals surface area contributed by atoms with Gasteiger partial charge in [-0.15, -0.1) is 0 Å². The van der Waals surface area contributed by atoms with Crippen molar-refractivity contribution in [2.45, 2.75) is 71.7 Å². The summed E-state index contributed by atoms with van der Waals surface area (Å²) >= 11 is 0. The van der Waals surface area contributed by atoms with Crippen LogP contribution in [-0.2, 0) is 33.7 Å². The number of aryl methyl sites for hydroxylation is 2. The van der Waals surface area contributed by atoms with Crippen molar-refractivity contribution in [1.29, 1.82) is 0 Å². The number of likely N-dealkylation sites (N-methyl/N-ethyl adjacent to an activating group) is 1. The molecule has 0 aliphatic carbocycles. The van der Waals surface area contributed by atoms with Gasteiger partial charge in [-0.2, -0.15) is 0 Å². The average molecular weight is 482 g/mol. The molecule has 2 aromatic carbocycles. The van der Waals surface area contributed by atoms with Crippen molar-refractivity contribution >= 4 is 17.9 Å². The van der Waals surface area contributed by atoms with Crippen LogP contribution in [-0.4, -0.2) is 57.5 Å². The van der Waals surface area contributed by atoms with Crippen LogP contribution in [0.25, 0.3) is 0 Å². The van der Waals surface area contributed by atoms with Crippen molar-refractivity contribution < 1.29 is 24.2 Å². The van der Waals surface area contributed by atoms with E-state index in [0.717, 1.165) is 27.8 Å². The van der Waals surface area contributed by atoms with E-state index in [0.29, 0.717) is 6.42 Å². The molecule has 0 radical (unpaired) electrons. The van der Waals surface area contributed by atoms with Crippen molar-refractivity contribution in [3.63, 3.8) is 0 Å². The van der Waals surface area contributed by atoms with E-state index in [4.69, 9.17) is 10.5 Å². The smallest absolute Gasteiger partial charge is 0.410 e. The van der Waals surface area contributed by atoms with Crippen LogP contribution in [0.3, 0.4) is 0 Å². The van der Waals surface area contributed by atoms with E-state index in [9.17, 15) is 19.5 Å². The molecule has 2 unspecified atom stereocenters. The Kier molecular flexibility index (Phi) is 7.43. The fourth-order valence-corrected chi connectivity index (χ4v) is 4.54. The Hall–Kier alpha value is -3.55. The van der Waals surface area contributed by atoms with Gasteiger partial charge in [0.15, 0.2) is 0 Å². The number of nitrogens with two attached hydrogens (primary N) is 1. The summed E-state index contributed by atoms with van der Waals surface area (Å²) in [5.41, 5.74) is 9.33. The first kappa shape index (κ1) is 26.1. The van der Waals surface area contributed by atoms with E-state index in [1.807, 2.05) is 38.1 Å². The number of aromatic hydroxyl groups is 1. The van der Waals surface area contributed by atoms with Crippen molar-refractivity contribution in [3.05, 3.63) is 64.2 Å². The number of hydrogen-bond donors (Lipinski definition) is 2. The van der Waals surface area contributed by atoms with Crippen LogP contribution in [0.4, 0.5) is 4.79 Å². The minimum Gasteiger partial charge on any atom is -0.508 e. The van der Waals surface area contributed by atoms with Crippen LogP contribution in [0.5, 0.6) is 5.75 Å². The van der Waals surface area contributed by atoms with E-state index >= 15 is 0 Å². The molecule has 1 heterocycles. The third-order valence-corrected chi connectivity index (χ3v) is 6.37. The first-order valence-corrected chi connectivity index (χ1v) is 11.7. The lowest BCUT2D eigenvalue weighted by Gasteiger charge is -2.39. The Morgan fingerprint density at radius 1 is 1.14 bits per heavy atom. The Morgan fingerprint density at radius 3 is 2.26 bits per heavy atom. The SMILES string of the molecule is Cc1cc(O)cc(C)c1CC(C(=O)N1Cc2ccccc2CC1C(N)=O)N(C)C(=O)OC(C)(C)C. The molecule has 0 spiro atoms. The molecule has 35 heavy (non-hydrogen) atoms. The molecule has 2 aromatic rings. The first-order chi connectivity index (χ1) is 16.3. The molecule has 0 fully saturated rings. The van der Waals surface area contributed by atoms with E-state index in [1.165, 1.54) is 16.8 Å². The molecule has 188 valence electrons. The van der Waals surface area contributed by atoms with Crippen LogP contribution in [0, 0.1) is 13.8 Å². The summed E-state index contributed by atoms with van der Waals surface area (Å²) in [7, 11) is 1.53. The number of hydrogen-bond acceptors (Lipinski definition) is 5. The second-order valence-corrected chi connectivity index (χ2v) is 10.2. The van der Waals surface area contributed by atoms with Gasteiger partial charge in [-0.1, -0.05) is 24.3 Å². The molecule has 3 N–H and O–H groups in total. The van der Waals surface area contributed by atoms with Gasteiger partial charge in [-0.25, -0.2) is 4.79 Å². The van der Waals surface area contributed by atoms with Crippen LogP contribution in [0.15, 0.2) is 36.4 Å². The maximum absolute atomic E-state index is 14.0. The molecule has 1 aliphatic rings. The van der Waals surface area contributed by atoms with Gasteiger partial charge in [0.05, 0.1) is 0 Å². The number of carbonyl (C=O) groups excluding carboxylic acids is 3. The van der Waals surface area contributed by atoms with Gasteiger partial charge < -0.3 is 20.5 Å². The van der Waals surface area contributed by atoms with Gasteiger partial charge in [-0.05, 0) is 74.6 Å². The van der Waals surface area contributed by atoms with E-state index in [1.54, 1.807) is 32.9 Å². The van der Waals surface area contributed by atoms with Crippen molar-refractivity contribution in [3.8, 4) is 5.75 Å². The molecule has 0 bridgehead atoms. The summed E-state index contributed by atoms with van der Waals surface area (Å²) in [6, 6.07) is 9.12. The molecule has 0 saturated heterocycles. The topological polar surface area (TPSA) is 113 Å². The summed E-state index contributed by atoms with van der Waals surface area (Å²) in [5.74, 6) is -0.847. The second kappa shape index (κ2) is 9.98. The lowest BCUT2D eigenvalue weighted by Crippen LogP contribution is -2.58. The maximum atomic E-state index is 14.0. The van der Waals surface area contributed by atoms with Gasteiger partial charge in [0, 0.05) is 26.4 Å². The van der Waals surface area contributed by atoms with Gasteiger partial charge in [-0.3, -0.25) is 14.5 Å². The minimum absolute atomic E-state index is 0.133. The molecule has 8 heteroatoms. The number of carbonyl (C=O) groups is 3. The summed E-state index contributed by atoms with van der Waals surface area (Å²) < 4.78 is 5.55. The van der Waals surface area contributed by atoms with Crippen molar-refractivity contribution in [2.24, 2.45) is 5.73 Å². The Balaban J connectivity index is 2.02. The molecule has 3 rings (SSSR count). The molecule has 8 nitrogen and oxygen atoms in total. The molecular weight excluding hydrogens is 446 g/mol. The number of phenolic OH excluding ortho intramolecular Hbond substituents is 1. The Bertz CT molecular complexity index is 1110. The summed E-state index contributed by atoms with van der Waals surface area (Å²) in [6.45, 7) is 9.19. The van der Waals surface area contributed by atoms with Crippen LogP contribution >= 0.6 is 0 Å². The van der Waals surface area contributed by atoms with Crippen molar-refractivity contribution in [2.75, 3.05) is 7.05 Å². The molecular formula is C27H35N3O5. The fraction of sp³-hybridized carbons (Fsp3) is 0.444. The van der Waals surface area contributed by atoms with E-state index < -0.39 is 29.7 Å². The normalized spacial score (nSPS) is 16.3. The van der Waals surface area contributed by atoms with Crippen LogP contribution < -0.4 is 5.73 Å². The fourth-order valence-electron chi connectivity index (χ4n) is 4.54. The number of amides is 3. The maximum Gasteiger partial charge on any atom is 0.410 e. The highest BCUT2D eigenvalue weighted by Crippen LogP contribution is 2.28.